The third-order valence-corrected chi connectivity index (χ3v) is 13.8. The van der Waals surface area contributed by atoms with E-state index in [0.29, 0.717) is 0 Å². The first kappa shape index (κ1) is 40.0. The van der Waals surface area contributed by atoms with Crippen molar-refractivity contribution in [2.75, 3.05) is 0 Å². The van der Waals surface area contributed by atoms with Gasteiger partial charge in [-0.2, -0.15) is 0 Å². The van der Waals surface area contributed by atoms with Gasteiger partial charge in [-0.25, -0.2) is 9.97 Å². The quantitative estimate of drug-likeness (QED) is 0.144. The predicted molar refractivity (Wildman–Crippen MR) is 284 cm³/mol. The fourth-order valence-corrected chi connectivity index (χ4v) is 10.3. The molecule has 2 nitrogen and oxygen atoms in total. The van der Waals surface area contributed by atoms with Crippen LogP contribution in [0.15, 0.2) is 255 Å². The summed E-state index contributed by atoms with van der Waals surface area (Å²) in [4.78, 5) is 10.7. The lowest BCUT2D eigenvalue weighted by Crippen LogP contribution is -1.94. The first-order chi connectivity index (χ1) is 33.1. The minimum absolute atomic E-state index is 0.922. The lowest BCUT2D eigenvalue weighted by molar-refractivity contribution is 1.32. The van der Waals surface area contributed by atoms with Crippen molar-refractivity contribution in [3.05, 3.63) is 255 Å². The molecule has 0 saturated heterocycles. The fourth-order valence-electron chi connectivity index (χ4n) is 9.17. The Morgan fingerprint density at radius 3 is 0.940 bits per heavy atom. The van der Waals surface area contributed by atoms with Crippen molar-refractivity contribution in [1.82, 2.24) is 9.97 Å². The molecule has 0 unspecified atom stereocenters. The van der Waals surface area contributed by atoms with Gasteiger partial charge in [0.05, 0.1) is 22.8 Å². The minimum atomic E-state index is 0.922. The summed E-state index contributed by atoms with van der Waals surface area (Å²) in [6, 6.07) is 91.4. The molecule has 0 amide bonds. The number of thiophene rings is 1. The van der Waals surface area contributed by atoms with E-state index in [2.05, 4.69) is 255 Å². The van der Waals surface area contributed by atoms with E-state index in [0.717, 1.165) is 72.8 Å². The maximum absolute atomic E-state index is 5.33. The third-order valence-electron chi connectivity index (χ3n) is 12.7. The van der Waals surface area contributed by atoms with Crippen LogP contribution in [0.3, 0.4) is 0 Å². The van der Waals surface area contributed by atoms with E-state index in [-0.39, 0.29) is 0 Å². The Balaban J connectivity index is 1.06. The van der Waals surface area contributed by atoms with Gasteiger partial charge >= 0.3 is 0 Å². The number of fused-ring (bicyclic) bond motifs is 3. The highest BCUT2D eigenvalue weighted by Gasteiger charge is 2.16. The minimum Gasteiger partial charge on any atom is -0.248 e. The van der Waals surface area contributed by atoms with E-state index in [1.54, 1.807) is 0 Å². The third kappa shape index (κ3) is 8.14. The molecular weight excluding hydrogens is 829 g/mol. The van der Waals surface area contributed by atoms with Crippen LogP contribution in [-0.4, -0.2) is 9.97 Å². The zero-order valence-corrected chi connectivity index (χ0v) is 37.4. The average Bonchev–Trinajstić information content (AvgIpc) is 3.80. The maximum atomic E-state index is 5.33. The molecule has 9 aromatic carbocycles. The molecule has 3 heterocycles. The Morgan fingerprint density at radius 2 is 0.493 bits per heavy atom. The van der Waals surface area contributed by atoms with Crippen molar-refractivity contribution in [3.63, 3.8) is 0 Å². The second kappa shape index (κ2) is 17.5. The predicted octanol–water partition coefficient (Wildman–Crippen LogP) is 17.8. The van der Waals surface area contributed by atoms with Crippen LogP contribution in [0, 0.1) is 0 Å². The molecule has 0 fully saturated rings. The molecule has 0 N–H and O–H groups in total. The highest BCUT2D eigenvalue weighted by Crippen LogP contribution is 2.41. The van der Waals surface area contributed by atoms with Gasteiger partial charge in [-0.15, -0.1) is 11.3 Å². The van der Waals surface area contributed by atoms with Crippen LogP contribution < -0.4 is 0 Å². The summed E-state index contributed by atoms with van der Waals surface area (Å²) in [5.41, 5.74) is 19.4. The van der Waals surface area contributed by atoms with Gasteiger partial charge in [0.1, 0.15) is 0 Å². The van der Waals surface area contributed by atoms with Crippen LogP contribution in [0.2, 0.25) is 0 Å². The number of aromatic nitrogens is 2. The molecule has 0 aliphatic rings. The Morgan fingerprint density at radius 1 is 0.194 bits per heavy atom. The highest BCUT2D eigenvalue weighted by molar-refractivity contribution is 7.25. The van der Waals surface area contributed by atoms with E-state index in [9.17, 15) is 0 Å². The standard InChI is InChI=1S/C64H42N2S/c1-5-15-43(16-6-1)45-25-29-49(30-26-45)61-41-55(39-59(65-61)47-19-9-3-10-20-47)53-35-52(51-33-34-64-58(38-51)57-23-13-14-24-63(57)67-64)36-54(37-53)56-40-60(48-21-11-4-12-22-48)66-62(42-56)50-31-27-46(28-32-50)44-17-7-2-8-18-44/h1-42H. The van der Waals surface area contributed by atoms with Crippen molar-refractivity contribution < 1.29 is 0 Å². The highest BCUT2D eigenvalue weighted by atomic mass is 32.1. The van der Waals surface area contributed by atoms with Gasteiger partial charge in [-0.3, -0.25) is 0 Å². The number of hydrogen-bond acceptors (Lipinski definition) is 3. The van der Waals surface area contributed by atoms with Crippen molar-refractivity contribution in [3.8, 4) is 101 Å². The summed E-state index contributed by atoms with van der Waals surface area (Å²) < 4.78 is 2.59. The van der Waals surface area contributed by atoms with Gasteiger partial charge in [-0.1, -0.05) is 194 Å². The summed E-state index contributed by atoms with van der Waals surface area (Å²) in [5, 5.41) is 2.56. The van der Waals surface area contributed by atoms with E-state index in [4.69, 9.17) is 9.97 Å². The number of nitrogens with zero attached hydrogens (tertiary/aromatic N) is 2. The summed E-state index contributed by atoms with van der Waals surface area (Å²) in [5.74, 6) is 0. The Kier molecular flexibility index (Phi) is 10.4. The second-order valence-corrected chi connectivity index (χ2v) is 18.1. The lowest BCUT2D eigenvalue weighted by Gasteiger charge is -2.16. The summed E-state index contributed by atoms with van der Waals surface area (Å²) in [7, 11) is 0. The molecule has 0 spiro atoms. The average molecular weight is 871 g/mol. The normalized spacial score (nSPS) is 11.3. The van der Waals surface area contributed by atoms with Crippen LogP contribution in [0.4, 0.5) is 0 Å². The number of rotatable bonds is 9. The first-order valence-corrected chi connectivity index (χ1v) is 23.5. The molecule has 0 saturated carbocycles. The van der Waals surface area contributed by atoms with Crippen molar-refractivity contribution in [2.45, 2.75) is 0 Å². The molecule has 3 heteroatoms. The SMILES string of the molecule is c1ccc(-c2ccc(-c3cc(-c4cc(-c5cc(-c6ccccc6)nc(-c6ccc(-c7ccccc7)cc6)c5)cc(-c5ccc6sc7ccccc7c6c5)c4)cc(-c4ccccc4)n3)cc2)cc1. The molecular formula is C64H42N2S. The smallest absolute Gasteiger partial charge is 0.0715 e. The van der Waals surface area contributed by atoms with E-state index >= 15 is 0 Å². The zero-order valence-electron chi connectivity index (χ0n) is 36.6. The molecule has 0 aliphatic heterocycles. The van der Waals surface area contributed by atoms with Gasteiger partial charge in [0, 0.05) is 42.4 Å². The fraction of sp³-hybridized carbons (Fsp3) is 0. The van der Waals surface area contributed by atoms with E-state index in [1.807, 2.05) is 11.3 Å². The molecule has 314 valence electrons. The summed E-state index contributed by atoms with van der Waals surface area (Å²) in [6.07, 6.45) is 0. The molecule has 12 rings (SSSR count). The lowest BCUT2D eigenvalue weighted by atomic mass is 9.91. The Labute approximate surface area is 394 Å². The van der Waals surface area contributed by atoms with Crippen LogP contribution >= 0.6 is 11.3 Å². The maximum Gasteiger partial charge on any atom is 0.0715 e. The topological polar surface area (TPSA) is 25.8 Å². The van der Waals surface area contributed by atoms with Crippen LogP contribution in [0.25, 0.3) is 121 Å². The second-order valence-electron chi connectivity index (χ2n) is 17.0. The summed E-state index contributed by atoms with van der Waals surface area (Å²) >= 11 is 1.85. The molecule has 3 aromatic heterocycles. The molecule has 12 aromatic rings. The van der Waals surface area contributed by atoms with Gasteiger partial charge < -0.3 is 0 Å². The molecule has 0 bridgehead atoms. The van der Waals surface area contributed by atoms with Crippen LogP contribution in [0.1, 0.15) is 0 Å². The van der Waals surface area contributed by atoms with Crippen molar-refractivity contribution in [1.29, 1.82) is 0 Å². The number of pyridine rings is 2. The molecule has 0 aliphatic carbocycles. The molecule has 0 atom stereocenters. The van der Waals surface area contributed by atoms with Crippen molar-refractivity contribution >= 4 is 31.5 Å². The Bertz CT molecular complexity index is 3510. The molecule has 0 radical (unpaired) electrons. The van der Waals surface area contributed by atoms with Gasteiger partial charge in [0.25, 0.3) is 0 Å². The molecule has 67 heavy (non-hydrogen) atoms. The monoisotopic (exact) mass is 870 g/mol. The van der Waals surface area contributed by atoms with Crippen LogP contribution in [-0.2, 0) is 0 Å². The Hall–Kier alpha value is -8.50. The first-order valence-electron chi connectivity index (χ1n) is 22.7. The van der Waals surface area contributed by atoms with Crippen molar-refractivity contribution in [2.24, 2.45) is 0 Å². The zero-order chi connectivity index (χ0) is 44.5. The number of hydrogen-bond donors (Lipinski definition) is 0. The summed E-state index contributed by atoms with van der Waals surface area (Å²) in [6.45, 7) is 0. The van der Waals surface area contributed by atoms with E-state index in [1.165, 1.54) is 48.0 Å². The largest absolute Gasteiger partial charge is 0.248 e. The van der Waals surface area contributed by atoms with E-state index < -0.39 is 0 Å². The van der Waals surface area contributed by atoms with Crippen LogP contribution in [0.5, 0.6) is 0 Å². The van der Waals surface area contributed by atoms with Gasteiger partial charge in [0.2, 0.25) is 0 Å². The number of benzene rings is 9. The van der Waals surface area contributed by atoms with Gasteiger partial charge in [0.15, 0.2) is 0 Å². The van der Waals surface area contributed by atoms with Gasteiger partial charge in [-0.05, 0) is 116 Å².